The third kappa shape index (κ3) is 2.73. The van der Waals surface area contributed by atoms with Gasteiger partial charge in [-0.2, -0.15) is 0 Å². The van der Waals surface area contributed by atoms with E-state index in [0.29, 0.717) is 6.54 Å². The first-order valence-corrected chi connectivity index (χ1v) is 4.98. The number of hydrogen-bond acceptors (Lipinski definition) is 2. The van der Waals surface area contributed by atoms with E-state index in [1.54, 1.807) is 0 Å². The molecule has 1 unspecified atom stereocenters. The number of thiophene rings is 1. The summed E-state index contributed by atoms with van der Waals surface area (Å²) in [6.07, 6.45) is 0. The molecule has 1 aromatic heterocycles. The van der Waals surface area contributed by atoms with E-state index in [1.165, 1.54) is 11.3 Å². The van der Waals surface area contributed by atoms with Crippen LogP contribution in [0.25, 0.3) is 0 Å². The smallest absolute Gasteiger partial charge is 0.102 e. The third-order valence-electron chi connectivity index (χ3n) is 1.57. The molecule has 1 atom stereocenters. The highest BCUT2D eigenvalue weighted by atomic mass is 35.5. The van der Waals surface area contributed by atoms with Crippen LogP contribution in [0, 0.1) is 0 Å². The molecule has 1 N–H and O–H groups in total. The molecule has 0 fully saturated rings. The Balaban J connectivity index is 2.47. The van der Waals surface area contributed by atoms with Crippen molar-refractivity contribution in [2.24, 2.45) is 0 Å². The molecule has 1 rings (SSSR count). The van der Waals surface area contributed by atoms with Gasteiger partial charge in [-0.15, -0.1) is 11.3 Å². The topological polar surface area (TPSA) is 12.0 Å². The molecular formula is C8H11ClFNS. The van der Waals surface area contributed by atoms with Crippen molar-refractivity contribution in [1.82, 2.24) is 5.32 Å². The maximum absolute atomic E-state index is 11.8. The van der Waals surface area contributed by atoms with Crippen molar-refractivity contribution in [1.29, 1.82) is 0 Å². The first-order chi connectivity index (χ1) is 5.74. The van der Waals surface area contributed by atoms with Gasteiger partial charge in [0.1, 0.15) is 6.67 Å². The lowest BCUT2D eigenvalue weighted by Gasteiger charge is -2.09. The molecule has 0 spiro atoms. The molecule has 1 heterocycles. The largest absolute Gasteiger partial charge is 0.307 e. The second kappa shape index (κ2) is 4.80. The highest BCUT2D eigenvalue weighted by molar-refractivity contribution is 7.16. The zero-order chi connectivity index (χ0) is 8.97. The fourth-order valence-electron chi connectivity index (χ4n) is 0.933. The zero-order valence-electron chi connectivity index (χ0n) is 6.81. The summed E-state index contributed by atoms with van der Waals surface area (Å²) >= 11 is 7.28. The SMILES string of the molecule is CC(NCCF)c1ccc(Cl)s1. The summed E-state index contributed by atoms with van der Waals surface area (Å²) in [4.78, 5) is 1.15. The minimum atomic E-state index is -0.330. The summed E-state index contributed by atoms with van der Waals surface area (Å²) in [5.41, 5.74) is 0. The number of nitrogens with one attached hydrogen (secondary N) is 1. The Labute approximate surface area is 80.6 Å². The van der Waals surface area contributed by atoms with Crippen LogP contribution in [-0.2, 0) is 0 Å². The molecular weight excluding hydrogens is 197 g/mol. The maximum atomic E-state index is 11.8. The van der Waals surface area contributed by atoms with Crippen LogP contribution in [-0.4, -0.2) is 13.2 Å². The molecule has 0 bridgehead atoms. The molecule has 0 radical (unpaired) electrons. The van der Waals surface area contributed by atoms with E-state index < -0.39 is 0 Å². The Kier molecular flexibility index (Phi) is 3.98. The zero-order valence-corrected chi connectivity index (χ0v) is 8.38. The average molecular weight is 208 g/mol. The molecule has 1 aromatic rings. The predicted molar refractivity (Wildman–Crippen MR) is 51.7 cm³/mol. The van der Waals surface area contributed by atoms with E-state index in [0.717, 1.165) is 9.21 Å². The van der Waals surface area contributed by atoms with Gasteiger partial charge in [-0.3, -0.25) is 0 Å². The molecule has 0 saturated carbocycles. The van der Waals surface area contributed by atoms with Gasteiger partial charge in [0, 0.05) is 17.5 Å². The van der Waals surface area contributed by atoms with Crippen LogP contribution in [0.1, 0.15) is 17.8 Å². The summed E-state index contributed by atoms with van der Waals surface area (Å²) in [5.74, 6) is 0. The molecule has 68 valence electrons. The molecule has 0 saturated heterocycles. The van der Waals surface area contributed by atoms with Gasteiger partial charge in [-0.05, 0) is 19.1 Å². The summed E-state index contributed by atoms with van der Waals surface area (Å²) in [5, 5.41) is 3.04. The van der Waals surface area contributed by atoms with E-state index in [9.17, 15) is 4.39 Å². The van der Waals surface area contributed by atoms with Crippen molar-refractivity contribution in [2.45, 2.75) is 13.0 Å². The highest BCUT2D eigenvalue weighted by Gasteiger charge is 2.06. The quantitative estimate of drug-likeness (QED) is 0.801. The van der Waals surface area contributed by atoms with E-state index in [1.807, 2.05) is 19.1 Å². The van der Waals surface area contributed by atoms with Gasteiger partial charge in [0.25, 0.3) is 0 Å². The minimum absolute atomic E-state index is 0.193. The number of hydrogen-bond donors (Lipinski definition) is 1. The van der Waals surface area contributed by atoms with Crippen molar-refractivity contribution >= 4 is 22.9 Å². The summed E-state index contributed by atoms with van der Waals surface area (Å²) < 4.78 is 12.6. The monoisotopic (exact) mass is 207 g/mol. The first-order valence-electron chi connectivity index (χ1n) is 3.78. The van der Waals surface area contributed by atoms with Crippen molar-refractivity contribution in [3.05, 3.63) is 21.3 Å². The fraction of sp³-hybridized carbons (Fsp3) is 0.500. The highest BCUT2D eigenvalue weighted by Crippen LogP contribution is 2.26. The lowest BCUT2D eigenvalue weighted by Crippen LogP contribution is -2.19. The summed E-state index contributed by atoms with van der Waals surface area (Å²) in [6.45, 7) is 2.07. The second-order valence-electron chi connectivity index (χ2n) is 2.51. The summed E-state index contributed by atoms with van der Waals surface area (Å²) in [7, 11) is 0. The molecule has 0 amide bonds. The molecule has 0 aliphatic rings. The van der Waals surface area contributed by atoms with E-state index in [-0.39, 0.29) is 12.7 Å². The normalized spacial score (nSPS) is 13.2. The Bertz CT molecular complexity index is 239. The number of halogens is 2. The Hall–Kier alpha value is -0.120. The van der Waals surface area contributed by atoms with E-state index in [4.69, 9.17) is 11.6 Å². The van der Waals surface area contributed by atoms with Crippen molar-refractivity contribution in [2.75, 3.05) is 13.2 Å². The van der Waals surface area contributed by atoms with Gasteiger partial charge in [0.2, 0.25) is 0 Å². The Morgan fingerprint density at radius 2 is 2.42 bits per heavy atom. The van der Waals surface area contributed by atoms with Gasteiger partial charge in [-0.25, -0.2) is 4.39 Å². The van der Waals surface area contributed by atoms with Gasteiger partial charge < -0.3 is 5.32 Å². The molecule has 4 heteroatoms. The lowest BCUT2D eigenvalue weighted by atomic mass is 10.3. The van der Waals surface area contributed by atoms with E-state index in [2.05, 4.69) is 5.32 Å². The molecule has 0 aliphatic heterocycles. The average Bonchev–Trinajstić information content (AvgIpc) is 2.47. The van der Waals surface area contributed by atoms with Crippen molar-refractivity contribution in [3.8, 4) is 0 Å². The van der Waals surface area contributed by atoms with Crippen LogP contribution in [0.4, 0.5) is 4.39 Å². The third-order valence-corrected chi connectivity index (χ3v) is 2.98. The first kappa shape index (κ1) is 9.96. The standard InChI is InChI=1S/C8H11ClFNS/c1-6(11-5-4-10)7-2-3-8(9)12-7/h2-3,6,11H,4-5H2,1H3. The molecule has 12 heavy (non-hydrogen) atoms. The lowest BCUT2D eigenvalue weighted by molar-refractivity contribution is 0.446. The van der Waals surface area contributed by atoms with E-state index >= 15 is 0 Å². The van der Waals surface area contributed by atoms with Gasteiger partial charge in [0.05, 0.1) is 4.34 Å². The van der Waals surface area contributed by atoms with Crippen molar-refractivity contribution in [3.63, 3.8) is 0 Å². The van der Waals surface area contributed by atoms with Gasteiger partial charge in [-0.1, -0.05) is 11.6 Å². The molecule has 0 aromatic carbocycles. The van der Waals surface area contributed by atoms with Gasteiger partial charge in [0.15, 0.2) is 0 Å². The number of alkyl halides is 1. The maximum Gasteiger partial charge on any atom is 0.102 e. The van der Waals surface area contributed by atoms with Gasteiger partial charge >= 0.3 is 0 Å². The van der Waals surface area contributed by atoms with Crippen LogP contribution < -0.4 is 5.32 Å². The molecule has 0 aliphatic carbocycles. The van der Waals surface area contributed by atoms with Crippen molar-refractivity contribution < 1.29 is 4.39 Å². The molecule has 1 nitrogen and oxygen atoms in total. The Morgan fingerprint density at radius 1 is 1.67 bits per heavy atom. The Morgan fingerprint density at radius 3 is 2.92 bits per heavy atom. The number of rotatable bonds is 4. The van der Waals surface area contributed by atoms with Crippen LogP contribution >= 0.6 is 22.9 Å². The van der Waals surface area contributed by atoms with Crippen LogP contribution in [0.15, 0.2) is 12.1 Å². The second-order valence-corrected chi connectivity index (χ2v) is 4.25. The predicted octanol–water partition coefficient (Wildman–Crippen LogP) is 3.02. The van der Waals surface area contributed by atoms with Crippen LogP contribution in [0.2, 0.25) is 4.34 Å². The summed E-state index contributed by atoms with van der Waals surface area (Å²) in [6, 6.07) is 4.01. The van der Waals surface area contributed by atoms with Crippen LogP contribution in [0.3, 0.4) is 0 Å². The fourth-order valence-corrected chi connectivity index (χ4v) is 2.02. The minimum Gasteiger partial charge on any atom is -0.307 e. The van der Waals surface area contributed by atoms with Crippen LogP contribution in [0.5, 0.6) is 0 Å².